The summed E-state index contributed by atoms with van der Waals surface area (Å²) in [5, 5.41) is 10.0. The minimum atomic E-state index is -3.00. The van der Waals surface area contributed by atoms with E-state index < -0.39 is 15.9 Å². The molecule has 0 bridgehead atoms. The molecular weight excluding hydrogens is 252 g/mol. The summed E-state index contributed by atoms with van der Waals surface area (Å²) in [5.74, 6) is 0.00822. The number of hydrogen-bond acceptors (Lipinski definition) is 4. The summed E-state index contributed by atoms with van der Waals surface area (Å²) in [5.41, 5.74) is 0.758. The van der Waals surface area contributed by atoms with Gasteiger partial charge in [0.2, 0.25) is 0 Å². The highest BCUT2D eigenvalue weighted by molar-refractivity contribution is 7.91. The van der Waals surface area contributed by atoms with Gasteiger partial charge in [0.25, 0.3) is 0 Å². The summed E-state index contributed by atoms with van der Waals surface area (Å²) in [7, 11) is -1.17. The predicted octanol–water partition coefficient (Wildman–Crippen LogP) is 1.06. The number of imidazole rings is 1. The maximum atomic E-state index is 11.6. The van der Waals surface area contributed by atoms with E-state index in [-0.39, 0.29) is 11.2 Å². The standard InChI is InChI=1S/C12H20N2O3S/c1-14-8-13-7-11(14)12(15)9-4-3-5-10(6-9)18(2,16)17/h7-10,12,15H,3-6H2,1-2H3. The van der Waals surface area contributed by atoms with Crippen LogP contribution in [-0.4, -0.2) is 34.6 Å². The van der Waals surface area contributed by atoms with E-state index in [4.69, 9.17) is 0 Å². The van der Waals surface area contributed by atoms with Crippen molar-refractivity contribution in [3.05, 3.63) is 18.2 Å². The Morgan fingerprint density at radius 1 is 1.50 bits per heavy atom. The minimum absolute atomic E-state index is 0.00822. The topological polar surface area (TPSA) is 72.2 Å². The Kier molecular flexibility index (Phi) is 3.77. The van der Waals surface area contributed by atoms with Crippen LogP contribution < -0.4 is 0 Å². The van der Waals surface area contributed by atoms with E-state index in [1.54, 1.807) is 17.1 Å². The Balaban J connectivity index is 2.12. The lowest BCUT2D eigenvalue weighted by atomic mass is 9.84. The molecule has 2 rings (SSSR count). The number of aliphatic hydroxyl groups is 1. The van der Waals surface area contributed by atoms with Crippen molar-refractivity contribution >= 4 is 9.84 Å². The van der Waals surface area contributed by atoms with Crippen molar-refractivity contribution in [3.8, 4) is 0 Å². The van der Waals surface area contributed by atoms with Crippen LogP contribution in [0.5, 0.6) is 0 Å². The molecule has 0 spiro atoms. The van der Waals surface area contributed by atoms with Gasteiger partial charge in [0.1, 0.15) is 9.84 Å². The fraction of sp³-hybridized carbons (Fsp3) is 0.750. The van der Waals surface area contributed by atoms with Crippen LogP contribution in [0.4, 0.5) is 0 Å². The van der Waals surface area contributed by atoms with Crippen LogP contribution in [0.15, 0.2) is 12.5 Å². The first-order valence-electron chi connectivity index (χ1n) is 6.22. The lowest BCUT2D eigenvalue weighted by molar-refractivity contribution is 0.0795. The third-order valence-electron chi connectivity index (χ3n) is 3.88. The van der Waals surface area contributed by atoms with Crippen LogP contribution in [0.25, 0.3) is 0 Å². The molecule has 3 unspecified atom stereocenters. The zero-order valence-electron chi connectivity index (χ0n) is 10.8. The second-order valence-corrected chi connectivity index (χ2v) is 7.58. The molecule has 102 valence electrons. The second kappa shape index (κ2) is 5.01. The van der Waals surface area contributed by atoms with Crippen molar-refractivity contribution in [2.24, 2.45) is 13.0 Å². The number of aromatic nitrogens is 2. The molecule has 0 saturated heterocycles. The summed E-state index contributed by atoms with van der Waals surface area (Å²) in [6.45, 7) is 0. The molecule has 1 saturated carbocycles. The maximum Gasteiger partial charge on any atom is 0.150 e. The smallest absolute Gasteiger partial charge is 0.150 e. The molecule has 1 aliphatic rings. The number of rotatable bonds is 3. The highest BCUT2D eigenvalue weighted by atomic mass is 32.2. The molecule has 5 nitrogen and oxygen atoms in total. The fourth-order valence-electron chi connectivity index (χ4n) is 2.75. The van der Waals surface area contributed by atoms with Gasteiger partial charge in [-0.05, 0) is 25.2 Å². The van der Waals surface area contributed by atoms with E-state index in [9.17, 15) is 13.5 Å². The SMILES string of the molecule is Cn1cncc1C(O)C1CCCC(S(C)(=O)=O)C1. The lowest BCUT2D eigenvalue weighted by Gasteiger charge is -2.31. The Labute approximate surface area is 108 Å². The molecule has 0 radical (unpaired) electrons. The summed E-state index contributed by atoms with van der Waals surface area (Å²) < 4.78 is 25.0. The summed E-state index contributed by atoms with van der Waals surface area (Å²) in [4.78, 5) is 3.99. The predicted molar refractivity (Wildman–Crippen MR) is 68.8 cm³/mol. The largest absolute Gasteiger partial charge is 0.387 e. The first kappa shape index (κ1) is 13.5. The summed E-state index contributed by atoms with van der Waals surface area (Å²) >= 11 is 0. The fourth-order valence-corrected chi connectivity index (χ4v) is 3.94. The van der Waals surface area contributed by atoms with Crippen LogP contribution in [0.3, 0.4) is 0 Å². The highest BCUT2D eigenvalue weighted by Crippen LogP contribution is 2.36. The van der Waals surface area contributed by atoms with Gasteiger partial charge in [-0.2, -0.15) is 0 Å². The molecule has 1 N–H and O–H groups in total. The van der Waals surface area contributed by atoms with E-state index in [1.807, 2.05) is 7.05 Å². The first-order chi connectivity index (χ1) is 8.39. The normalized spacial score (nSPS) is 27.1. The van der Waals surface area contributed by atoms with E-state index >= 15 is 0 Å². The molecule has 18 heavy (non-hydrogen) atoms. The van der Waals surface area contributed by atoms with Gasteiger partial charge in [-0.3, -0.25) is 0 Å². The monoisotopic (exact) mass is 272 g/mol. The average molecular weight is 272 g/mol. The van der Waals surface area contributed by atoms with E-state index in [1.165, 1.54) is 6.26 Å². The molecule has 0 amide bonds. The van der Waals surface area contributed by atoms with Crippen molar-refractivity contribution in [3.63, 3.8) is 0 Å². The summed E-state index contributed by atoms with van der Waals surface area (Å²) in [6, 6.07) is 0. The molecule has 1 aromatic heterocycles. The van der Waals surface area contributed by atoms with Crippen LogP contribution in [0.2, 0.25) is 0 Å². The maximum absolute atomic E-state index is 11.6. The Morgan fingerprint density at radius 3 is 2.78 bits per heavy atom. The molecule has 0 aliphatic heterocycles. The van der Waals surface area contributed by atoms with Gasteiger partial charge >= 0.3 is 0 Å². The molecule has 0 aromatic carbocycles. The van der Waals surface area contributed by atoms with E-state index in [2.05, 4.69) is 4.98 Å². The van der Waals surface area contributed by atoms with E-state index in [0.29, 0.717) is 12.8 Å². The average Bonchev–Trinajstić information content (AvgIpc) is 2.73. The van der Waals surface area contributed by atoms with Gasteiger partial charge in [-0.25, -0.2) is 13.4 Å². The highest BCUT2D eigenvalue weighted by Gasteiger charge is 2.33. The van der Waals surface area contributed by atoms with Crippen LogP contribution in [0, 0.1) is 5.92 Å². The molecule has 3 atom stereocenters. The second-order valence-electron chi connectivity index (χ2n) is 5.25. The Bertz CT molecular complexity index is 509. The zero-order chi connectivity index (χ0) is 13.3. The van der Waals surface area contributed by atoms with Crippen molar-refractivity contribution in [1.29, 1.82) is 0 Å². The van der Waals surface area contributed by atoms with Crippen molar-refractivity contribution in [2.75, 3.05) is 6.26 Å². The number of aliphatic hydroxyl groups excluding tert-OH is 1. The van der Waals surface area contributed by atoms with Gasteiger partial charge in [0.05, 0.1) is 29.6 Å². The van der Waals surface area contributed by atoms with Gasteiger partial charge in [-0.1, -0.05) is 6.42 Å². The lowest BCUT2D eigenvalue weighted by Crippen LogP contribution is -2.30. The van der Waals surface area contributed by atoms with Crippen molar-refractivity contribution in [2.45, 2.75) is 37.0 Å². The molecule has 1 aromatic rings. The summed E-state index contributed by atoms with van der Waals surface area (Å²) in [6.07, 6.45) is 6.96. The van der Waals surface area contributed by atoms with Gasteiger partial charge in [-0.15, -0.1) is 0 Å². The quantitative estimate of drug-likeness (QED) is 0.893. The zero-order valence-corrected chi connectivity index (χ0v) is 11.6. The van der Waals surface area contributed by atoms with E-state index in [0.717, 1.165) is 18.5 Å². The van der Waals surface area contributed by atoms with Crippen LogP contribution in [-0.2, 0) is 16.9 Å². The third-order valence-corrected chi connectivity index (χ3v) is 5.51. The number of hydrogen-bond donors (Lipinski definition) is 1. The number of sulfone groups is 1. The minimum Gasteiger partial charge on any atom is -0.387 e. The first-order valence-corrected chi connectivity index (χ1v) is 8.18. The molecule has 1 heterocycles. The van der Waals surface area contributed by atoms with Crippen molar-refractivity contribution < 1.29 is 13.5 Å². The van der Waals surface area contributed by atoms with Crippen molar-refractivity contribution in [1.82, 2.24) is 9.55 Å². The van der Waals surface area contributed by atoms with Gasteiger partial charge in [0, 0.05) is 13.3 Å². The van der Waals surface area contributed by atoms with Gasteiger partial charge in [0.15, 0.2) is 0 Å². The molecule has 1 fully saturated rings. The molecule has 1 aliphatic carbocycles. The number of aryl methyl sites for hydroxylation is 1. The third kappa shape index (κ3) is 2.75. The number of nitrogens with zero attached hydrogens (tertiary/aromatic N) is 2. The van der Waals surface area contributed by atoms with Gasteiger partial charge < -0.3 is 9.67 Å². The molecular formula is C12H20N2O3S. The Morgan fingerprint density at radius 2 is 2.22 bits per heavy atom. The van der Waals surface area contributed by atoms with Crippen LogP contribution in [0.1, 0.15) is 37.5 Å². The molecule has 6 heteroatoms. The Hall–Kier alpha value is -0.880. The van der Waals surface area contributed by atoms with Crippen LogP contribution >= 0.6 is 0 Å².